The monoisotopic (exact) mass is 142 g/mol. The Labute approximate surface area is 59.0 Å². The molecule has 0 fully saturated rings. The smallest absolute Gasteiger partial charge is 0.225 e. The molecule has 10 heavy (non-hydrogen) atoms. The predicted octanol–water partition coefficient (Wildman–Crippen LogP) is -0.0279. The molecular weight excluding hydrogens is 132 g/mol. The van der Waals surface area contributed by atoms with Crippen molar-refractivity contribution in [1.82, 2.24) is 0 Å². The summed E-state index contributed by atoms with van der Waals surface area (Å²) in [6, 6.07) is 0. The number of nitrogens with zero attached hydrogens (tertiary/aromatic N) is 3. The summed E-state index contributed by atoms with van der Waals surface area (Å²) >= 11 is 0. The Morgan fingerprint density at radius 3 is 2.40 bits per heavy atom. The van der Waals surface area contributed by atoms with Gasteiger partial charge in [-0.05, 0) is 0 Å². The molecule has 0 bridgehead atoms. The molecule has 0 heterocycles. The van der Waals surface area contributed by atoms with Crippen LogP contribution in [0.2, 0.25) is 0 Å². The average Bonchev–Trinajstić information content (AvgIpc) is 1.86. The number of amides is 1. The zero-order chi connectivity index (χ0) is 7.98. The Morgan fingerprint density at radius 2 is 2.10 bits per heavy atom. The summed E-state index contributed by atoms with van der Waals surface area (Å²) in [6.07, 6.45) is 0.0494. The SMILES string of the molecule is C/N=N\C(CC(N)=O)=N/C. The lowest BCUT2D eigenvalue weighted by molar-refractivity contribution is -0.116. The van der Waals surface area contributed by atoms with Gasteiger partial charge in [-0.25, -0.2) is 0 Å². The normalized spacial score (nSPS) is 12.4. The summed E-state index contributed by atoms with van der Waals surface area (Å²) in [4.78, 5) is 14.0. The number of rotatable bonds is 2. The quantitative estimate of drug-likeness (QED) is 0.328. The van der Waals surface area contributed by atoms with E-state index in [0.29, 0.717) is 5.84 Å². The highest BCUT2D eigenvalue weighted by Gasteiger charge is 1.99. The summed E-state index contributed by atoms with van der Waals surface area (Å²) in [7, 11) is 3.04. The summed E-state index contributed by atoms with van der Waals surface area (Å²) < 4.78 is 0. The number of aliphatic imine (C=N–C) groups is 1. The lowest BCUT2D eigenvalue weighted by atomic mass is 10.4. The van der Waals surface area contributed by atoms with E-state index in [1.807, 2.05) is 0 Å². The van der Waals surface area contributed by atoms with Gasteiger partial charge in [0, 0.05) is 14.1 Å². The van der Waals surface area contributed by atoms with Crippen LogP contribution in [-0.4, -0.2) is 25.8 Å². The van der Waals surface area contributed by atoms with E-state index in [-0.39, 0.29) is 6.42 Å². The molecule has 0 rings (SSSR count). The standard InChI is InChI=1S/C5H10N4O/c1-7-5(9-8-2)3-4(6)10/h3H2,1-2H3,(H2,6,10)/b7-5-,9-8-. The van der Waals surface area contributed by atoms with Crippen molar-refractivity contribution >= 4 is 11.7 Å². The van der Waals surface area contributed by atoms with Gasteiger partial charge in [-0.3, -0.25) is 9.79 Å². The fourth-order valence-corrected chi connectivity index (χ4v) is 0.430. The van der Waals surface area contributed by atoms with E-state index in [1.165, 1.54) is 14.1 Å². The van der Waals surface area contributed by atoms with E-state index in [2.05, 4.69) is 15.2 Å². The average molecular weight is 142 g/mol. The van der Waals surface area contributed by atoms with Crippen molar-refractivity contribution in [3.05, 3.63) is 0 Å². The fraction of sp³-hybridized carbons (Fsp3) is 0.600. The molecule has 0 saturated carbocycles. The number of hydrogen-bond donors (Lipinski definition) is 1. The highest BCUT2D eigenvalue weighted by Crippen LogP contribution is 1.87. The molecule has 0 radical (unpaired) electrons. The number of carbonyl (C=O) groups excluding carboxylic acids is 1. The number of nitrogens with two attached hydrogens (primary N) is 1. The summed E-state index contributed by atoms with van der Waals surface area (Å²) in [5.41, 5.74) is 4.88. The Hall–Kier alpha value is -1.26. The van der Waals surface area contributed by atoms with Gasteiger partial charge < -0.3 is 5.73 Å². The topological polar surface area (TPSA) is 80.2 Å². The van der Waals surface area contributed by atoms with Gasteiger partial charge in [0.05, 0.1) is 6.42 Å². The van der Waals surface area contributed by atoms with Gasteiger partial charge in [-0.2, -0.15) is 5.11 Å². The third-order valence-corrected chi connectivity index (χ3v) is 0.806. The second-order valence-electron chi connectivity index (χ2n) is 1.58. The number of hydrogen-bond acceptors (Lipinski definition) is 3. The first-order valence-corrected chi connectivity index (χ1v) is 2.74. The van der Waals surface area contributed by atoms with Gasteiger partial charge >= 0.3 is 0 Å². The first-order chi connectivity index (χ1) is 4.70. The van der Waals surface area contributed by atoms with Crippen molar-refractivity contribution in [2.75, 3.05) is 14.1 Å². The zero-order valence-corrected chi connectivity index (χ0v) is 6.03. The molecule has 0 aromatic carbocycles. The van der Waals surface area contributed by atoms with Crippen LogP contribution in [0.15, 0.2) is 15.2 Å². The molecule has 5 heteroatoms. The van der Waals surface area contributed by atoms with Crippen molar-refractivity contribution < 1.29 is 4.79 Å². The Morgan fingerprint density at radius 1 is 1.50 bits per heavy atom. The Kier molecular flexibility index (Phi) is 4.02. The maximum Gasteiger partial charge on any atom is 0.225 e. The van der Waals surface area contributed by atoms with Crippen LogP contribution >= 0.6 is 0 Å². The molecule has 0 unspecified atom stereocenters. The largest absolute Gasteiger partial charge is 0.369 e. The van der Waals surface area contributed by atoms with Crippen molar-refractivity contribution in [3.63, 3.8) is 0 Å². The van der Waals surface area contributed by atoms with Gasteiger partial charge in [-0.15, -0.1) is 5.11 Å². The molecule has 0 aliphatic carbocycles. The van der Waals surface area contributed by atoms with Crippen molar-refractivity contribution in [2.24, 2.45) is 21.0 Å². The van der Waals surface area contributed by atoms with Crippen LogP contribution in [0.3, 0.4) is 0 Å². The molecule has 56 valence electrons. The van der Waals surface area contributed by atoms with E-state index in [4.69, 9.17) is 5.73 Å². The molecule has 5 nitrogen and oxygen atoms in total. The van der Waals surface area contributed by atoms with E-state index in [1.54, 1.807) is 0 Å². The second-order valence-corrected chi connectivity index (χ2v) is 1.58. The highest BCUT2D eigenvalue weighted by molar-refractivity contribution is 5.99. The Bertz CT molecular complexity index is 172. The van der Waals surface area contributed by atoms with E-state index < -0.39 is 5.91 Å². The van der Waals surface area contributed by atoms with E-state index >= 15 is 0 Å². The molecule has 1 amide bonds. The van der Waals surface area contributed by atoms with Crippen molar-refractivity contribution in [3.8, 4) is 0 Å². The number of amidine groups is 1. The molecule has 0 spiro atoms. The first-order valence-electron chi connectivity index (χ1n) is 2.74. The number of carbonyl (C=O) groups is 1. The third kappa shape index (κ3) is 3.71. The molecule has 2 N–H and O–H groups in total. The van der Waals surface area contributed by atoms with Crippen molar-refractivity contribution in [2.45, 2.75) is 6.42 Å². The lowest BCUT2D eigenvalue weighted by Crippen LogP contribution is -2.14. The molecule has 0 aliphatic heterocycles. The van der Waals surface area contributed by atoms with Gasteiger partial charge in [-0.1, -0.05) is 0 Å². The number of azo groups is 1. The van der Waals surface area contributed by atoms with Gasteiger partial charge in [0.15, 0.2) is 5.84 Å². The fourth-order valence-electron chi connectivity index (χ4n) is 0.430. The van der Waals surface area contributed by atoms with Gasteiger partial charge in [0.2, 0.25) is 5.91 Å². The van der Waals surface area contributed by atoms with Crippen LogP contribution in [0.25, 0.3) is 0 Å². The molecule has 0 aromatic heterocycles. The highest BCUT2D eigenvalue weighted by atomic mass is 16.1. The summed E-state index contributed by atoms with van der Waals surface area (Å²) in [6.45, 7) is 0. The van der Waals surface area contributed by atoms with Crippen molar-refractivity contribution in [1.29, 1.82) is 0 Å². The number of primary amides is 1. The summed E-state index contributed by atoms with van der Waals surface area (Å²) in [5, 5.41) is 7.00. The van der Waals surface area contributed by atoms with Crippen LogP contribution in [0.1, 0.15) is 6.42 Å². The third-order valence-electron chi connectivity index (χ3n) is 0.806. The minimum Gasteiger partial charge on any atom is -0.369 e. The second kappa shape index (κ2) is 4.60. The van der Waals surface area contributed by atoms with Crippen LogP contribution < -0.4 is 5.73 Å². The van der Waals surface area contributed by atoms with E-state index in [0.717, 1.165) is 0 Å². The maximum atomic E-state index is 10.3. The molecular formula is C5H10N4O. The molecule has 0 aliphatic rings. The maximum absolute atomic E-state index is 10.3. The van der Waals surface area contributed by atoms with Crippen LogP contribution in [0.4, 0.5) is 0 Å². The van der Waals surface area contributed by atoms with Crippen LogP contribution in [0, 0.1) is 0 Å². The molecule has 0 saturated heterocycles. The summed E-state index contributed by atoms with van der Waals surface area (Å²) in [5.74, 6) is -0.0944. The van der Waals surface area contributed by atoms with Gasteiger partial charge in [0.25, 0.3) is 0 Å². The molecule has 0 atom stereocenters. The van der Waals surface area contributed by atoms with Crippen LogP contribution in [-0.2, 0) is 4.79 Å². The van der Waals surface area contributed by atoms with E-state index in [9.17, 15) is 4.79 Å². The lowest BCUT2D eigenvalue weighted by Gasteiger charge is -1.91. The first kappa shape index (κ1) is 8.74. The minimum atomic E-state index is -0.451. The zero-order valence-electron chi connectivity index (χ0n) is 6.03. The molecule has 0 aromatic rings. The Balaban J connectivity index is 3.98. The minimum absolute atomic E-state index is 0.0494. The predicted molar refractivity (Wildman–Crippen MR) is 38.0 cm³/mol. The van der Waals surface area contributed by atoms with Gasteiger partial charge in [0.1, 0.15) is 0 Å². The van der Waals surface area contributed by atoms with Crippen LogP contribution in [0.5, 0.6) is 0 Å².